The van der Waals surface area contributed by atoms with Crippen molar-refractivity contribution in [2.45, 2.75) is 33.2 Å². The summed E-state index contributed by atoms with van der Waals surface area (Å²) in [4.78, 5) is 28.6. The highest BCUT2D eigenvalue weighted by Gasteiger charge is 2.24. The van der Waals surface area contributed by atoms with Crippen LogP contribution < -0.4 is 10.1 Å². The molecule has 0 spiro atoms. The molecule has 0 bridgehead atoms. The first-order valence-electron chi connectivity index (χ1n) is 8.41. The van der Waals surface area contributed by atoms with Crippen LogP contribution in [-0.2, 0) is 0 Å². The molecule has 1 aliphatic rings. The number of amides is 3. The lowest BCUT2D eigenvalue weighted by atomic mass is 10.1. The second-order valence-corrected chi connectivity index (χ2v) is 6.44. The van der Waals surface area contributed by atoms with Gasteiger partial charge in [0.25, 0.3) is 5.91 Å². The zero-order chi connectivity index (χ0) is 17.7. The van der Waals surface area contributed by atoms with Crippen molar-refractivity contribution in [3.63, 3.8) is 0 Å². The second-order valence-electron chi connectivity index (χ2n) is 6.44. The Morgan fingerprint density at radius 1 is 1.12 bits per heavy atom. The van der Waals surface area contributed by atoms with Crippen molar-refractivity contribution >= 4 is 11.9 Å². The Morgan fingerprint density at radius 2 is 1.79 bits per heavy atom. The molecule has 3 amide bonds. The number of methoxy groups -OCH3 is 1. The summed E-state index contributed by atoms with van der Waals surface area (Å²) in [7, 11) is 1.57. The largest absolute Gasteiger partial charge is 0.496 e. The molecule has 2 rings (SSSR count). The van der Waals surface area contributed by atoms with Crippen LogP contribution in [0, 0.1) is 6.92 Å². The Morgan fingerprint density at radius 3 is 2.46 bits per heavy atom. The molecular weight excluding hydrogens is 306 g/mol. The SMILES string of the molecule is COc1ccc(C)cc1C(=O)N1CCCN(C(=O)NC(C)C)CC1. The molecule has 6 heteroatoms. The zero-order valence-electron chi connectivity index (χ0n) is 15.0. The number of carbonyl (C=O) groups excluding carboxylic acids is 2. The lowest BCUT2D eigenvalue weighted by Crippen LogP contribution is -2.44. The van der Waals surface area contributed by atoms with Gasteiger partial charge in [0.05, 0.1) is 12.7 Å². The summed E-state index contributed by atoms with van der Waals surface area (Å²) >= 11 is 0. The number of urea groups is 1. The van der Waals surface area contributed by atoms with Gasteiger partial charge in [0.15, 0.2) is 0 Å². The van der Waals surface area contributed by atoms with Gasteiger partial charge in [0, 0.05) is 32.2 Å². The minimum atomic E-state index is -0.0626. The monoisotopic (exact) mass is 333 g/mol. The van der Waals surface area contributed by atoms with Crippen LogP contribution in [-0.4, -0.2) is 61.1 Å². The molecule has 0 unspecified atom stereocenters. The highest BCUT2D eigenvalue weighted by atomic mass is 16.5. The maximum Gasteiger partial charge on any atom is 0.317 e. The normalized spacial score (nSPS) is 15.2. The third-order valence-corrected chi connectivity index (χ3v) is 4.07. The molecule has 0 aromatic heterocycles. The van der Waals surface area contributed by atoms with Crippen molar-refractivity contribution in [2.75, 3.05) is 33.3 Å². The average Bonchev–Trinajstić information content (AvgIpc) is 2.79. The van der Waals surface area contributed by atoms with Crippen LogP contribution in [0.2, 0.25) is 0 Å². The summed E-state index contributed by atoms with van der Waals surface area (Å²) in [5.74, 6) is 0.547. The molecule has 0 aliphatic carbocycles. The number of carbonyl (C=O) groups is 2. The van der Waals surface area contributed by atoms with Crippen molar-refractivity contribution in [2.24, 2.45) is 0 Å². The van der Waals surface area contributed by atoms with E-state index in [0.29, 0.717) is 37.5 Å². The summed E-state index contributed by atoms with van der Waals surface area (Å²) in [6.45, 7) is 8.20. The number of nitrogens with zero attached hydrogens (tertiary/aromatic N) is 2. The van der Waals surface area contributed by atoms with Crippen molar-refractivity contribution in [3.05, 3.63) is 29.3 Å². The van der Waals surface area contributed by atoms with Crippen molar-refractivity contribution in [3.8, 4) is 5.75 Å². The Labute approximate surface area is 143 Å². The molecule has 0 saturated carbocycles. The number of benzene rings is 1. The first kappa shape index (κ1) is 18.1. The van der Waals surface area contributed by atoms with E-state index in [4.69, 9.17) is 4.74 Å². The van der Waals surface area contributed by atoms with Gasteiger partial charge in [-0.2, -0.15) is 0 Å². The lowest BCUT2D eigenvalue weighted by Gasteiger charge is -2.24. The molecule has 24 heavy (non-hydrogen) atoms. The lowest BCUT2D eigenvalue weighted by molar-refractivity contribution is 0.0758. The summed E-state index contributed by atoms with van der Waals surface area (Å²) in [5, 5.41) is 2.91. The van der Waals surface area contributed by atoms with E-state index >= 15 is 0 Å². The van der Waals surface area contributed by atoms with E-state index in [0.717, 1.165) is 12.0 Å². The maximum absolute atomic E-state index is 12.9. The van der Waals surface area contributed by atoms with E-state index < -0.39 is 0 Å². The third kappa shape index (κ3) is 4.40. The molecule has 1 aliphatic heterocycles. The number of aryl methyl sites for hydroxylation is 1. The summed E-state index contributed by atoms with van der Waals surface area (Å²) in [5.41, 5.74) is 1.60. The Bertz CT molecular complexity index is 601. The number of hydrogen-bond acceptors (Lipinski definition) is 3. The fourth-order valence-corrected chi connectivity index (χ4v) is 2.82. The van der Waals surface area contributed by atoms with Crippen LogP contribution >= 0.6 is 0 Å². The maximum atomic E-state index is 12.9. The Balaban J connectivity index is 2.07. The van der Waals surface area contributed by atoms with Gasteiger partial charge in [-0.05, 0) is 39.3 Å². The number of nitrogens with one attached hydrogen (secondary N) is 1. The third-order valence-electron chi connectivity index (χ3n) is 4.07. The van der Waals surface area contributed by atoms with Gasteiger partial charge < -0.3 is 19.9 Å². The van der Waals surface area contributed by atoms with Crippen LogP contribution in [0.15, 0.2) is 18.2 Å². The Hall–Kier alpha value is -2.24. The van der Waals surface area contributed by atoms with E-state index in [9.17, 15) is 9.59 Å². The highest BCUT2D eigenvalue weighted by Crippen LogP contribution is 2.22. The van der Waals surface area contributed by atoms with E-state index in [2.05, 4.69) is 5.32 Å². The van der Waals surface area contributed by atoms with Gasteiger partial charge in [-0.15, -0.1) is 0 Å². The van der Waals surface area contributed by atoms with Gasteiger partial charge in [-0.25, -0.2) is 4.79 Å². The van der Waals surface area contributed by atoms with Gasteiger partial charge >= 0.3 is 6.03 Å². The molecule has 0 radical (unpaired) electrons. The molecule has 132 valence electrons. The fraction of sp³-hybridized carbons (Fsp3) is 0.556. The zero-order valence-corrected chi connectivity index (χ0v) is 15.0. The van der Waals surface area contributed by atoms with Crippen LogP contribution in [0.1, 0.15) is 36.2 Å². The number of ether oxygens (including phenoxy) is 1. The number of hydrogen-bond donors (Lipinski definition) is 1. The molecule has 1 aromatic carbocycles. The molecule has 1 saturated heterocycles. The van der Waals surface area contributed by atoms with E-state index in [-0.39, 0.29) is 18.0 Å². The quantitative estimate of drug-likeness (QED) is 0.923. The second kappa shape index (κ2) is 8.04. The Kier molecular flexibility index (Phi) is 6.06. The van der Waals surface area contributed by atoms with Gasteiger partial charge in [-0.1, -0.05) is 11.6 Å². The average molecular weight is 333 g/mol. The van der Waals surface area contributed by atoms with Crippen LogP contribution in [0.25, 0.3) is 0 Å². The van der Waals surface area contributed by atoms with Gasteiger partial charge in [-0.3, -0.25) is 4.79 Å². The first-order chi connectivity index (χ1) is 11.4. The molecule has 1 N–H and O–H groups in total. The standard InChI is InChI=1S/C18H27N3O3/c1-13(2)19-18(23)21-9-5-8-20(10-11-21)17(22)15-12-14(3)6-7-16(15)24-4/h6-7,12-13H,5,8-11H2,1-4H3,(H,19,23). The van der Waals surface area contributed by atoms with Gasteiger partial charge in [0.2, 0.25) is 0 Å². The van der Waals surface area contributed by atoms with Crippen LogP contribution in [0.3, 0.4) is 0 Å². The summed E-state index contributed by atoms with van der Waals surface area (Å²) in [6, 6.07) is 5.65. The molecule has 1 fully saturated rings. The minimum absolute atomic E-state index is 0.0401. The van der Waals surface area contributed by atoms with E-state index in [1.165, 1.54) is 0 Å². The molecular formula is C18H27N3O3. The first-order valence-corrected chi connectivity index (χ1v) is 8.41. The van der Waals surface area contributed by atoms with Crippen molar-refractivity contribution in [1.29, 1.82) is 0 Å². The molecule has 1 aromatic rings. The summed E-state index contributed by atoms with van der Waals surface area (Å²) < 4.78 is 5.32. The summed E-state index contributed by atoms with van der Waals surface area (Å²) in [6.07, 6.45) is 0.769. The predicted octanol–water partition coefficient (Wildman–Crippen LogP) is 2.27. The molecule has 1 heterocycles. The predicted molar refractivity (Wildman–Crippen MR) is 93.5 cm³/mol. The minimum Gasteiger partial charge on any atom is -0.496 e. The topological polar surface area (TPSA) is 61.9 Å². The smallest absolute Gasteiger partial charge is 0.317 e. The van der Waals surface area contributed by atoms with Crippen LogP contribution in [0.5, 0.6) is 5.75 Å². The van der Waals surface area contributed by atoms with Gasteiger partial charge in [0.1, 0.15) is 5.75 Å². The van der Waals surface area contributed by atoms with Crippen molar-refractivity contribution in [1.82, 2.24) is 15.1 Å². The van der Waals surface area contributed by atoms with E-state index in [1.807, 2.05) is 39.0 Å². The fourth-order valence-electron chi connectivity index (χ4n) is 2.82. The van der Waals surface area contributed by atoms with E-state index in [1.54, 1.807) is 16.9 Å². The van der Waals surface area contributed by atoms with Crippen LogP contribution in [0.4, 0.5) is 4.79 Å². The number of rotatable bonds is 3. The molecule has 6 nitrogen and oxygen atoms in total. The molecule has 0 atom stereocenters. The van der Waals surface area contributed by atoms with Crippen molar-refractivity contribution < 1.29 is 14.3 Å². The highest BCUT2D eigenvalue weighted by molar-refractivity contribution is 5.97.